The van der Waals surface area contributed by atoms with Gasteiger partial charge in [-0.05, 0) is 18.4 Å². The van der Waals surface area contributed by atoms with E-state index >= 15 is 0 Å². The second kappa shape index (κ2) is 6.63. The lowest BCUT2D eigenvalue weighted by Gasteiger charge is -2.01. The Morgan fingerprint density at radius 1 is 1.31 bits per heavy atom. The Hall–Kier alpha value is -0.860. The smallest absolute Gasteiger partial charge is 0.165 e. The number of benzene rings is 1. The zero-order valence-electron chi connectivity index (χ0n) is 7.36. The summed E-state index contributed by atoms with van der Waals surface area (Å²) < 4.78 is 0. The van der Waals surface area contributed by atoms with E-state index in [1.807, 2.05) is 30.3 Å². The Morgan fingerprint density at radius 2 is 1.92 bits per heavy atom. The number of nitrogens with two attached hydrogens (primary N) is 1. The minimum absolute atomic E-state index is 0. The first-order valence-electron chi connectivity index (χ1n) is 4.10. The van der Waals surface area contributed by atoms with Crippen molar-refractivity contribution < 1.29 is 22.9 Å². The van der Waals surface area contributed by atoms with Gasteiger partial charge in [0.1, 0.15) is 6.10 Å². The SMILES string of the molecule is [Cl-].[NH2+]=C[C@H](O)CCc1ccccc1. The van der Waals surface area contributed by atoms with Crippen LogP contribution in [0.4, 0.5) is 0 Å². The van der Waals surface area contributed by atoms with Gasteiger partial charge in [0.2, 0.25) is 0 Å². The Morgan fingerprint density at radius 3 is 2.46 bits per heavy atom. The summed E-state index contributed by atoms with van der Waals surface area (Å²) in [5.74, 6) is 0. The van der Waals surface area contributed by atoms with E-state index in [1.54, 1.807) is 0 Å². The fourth-order valence-corrected chi connectivity index (χ4v) is 1.06. The minimum Gasteiger partial charge on any atom is -1.00 e. The summed E-state index contributed by atoms with van der Waals surface area (Å²) in [5, 5.41) is 14.3. The molecule has 1 aromatic rings. The van der Waals surface area contributed by atoms with Gasteiger partial charge in [-0.25, -0.2) is 0 Å². The molecule has 0 unspecified atom stereocenters. The lowest BCUT2D eigenvalue weighted by Crippen LogP contribution is -3.00. The number of rotatable bonds is 4. The fraction of sp³-hybridized carbons (Fsp3) is 0.300. The van der Waals surface area contributed by atoms with Gasteiger partial charge in [-0.3, -0.25) is 5.41 Å². The van der Waals surface area contributed by atoms with Gasteiger partial charge in [0, 0.05) is 0 Å². The molecule has 0 amide bonds. The molecule has 0 saturated heterocycles. The van der Waals surface area contributed by atoms with Gasteiger partial charge in [0.15, 0.2) is 6.21 Å². The molecule has 3 heteroatoms. The fourth-order valence-electron chi connectivity index (χ4n) is 1.06. The van der Waals surface area contributed by atoms with Crippen LogP contribution in [0.5, 0.6) is 0 Å². The van der Waals surface area contributed by atoms with E-state index in [1.165, 1.54) is 11.8 Å². The Bertz CT molecular complexity index is 238. The van der Waals surface area contributed by atoms with Crippen LogP contribution in [-0.4, -0.2) is 17.4 Å². The molecule has 0 aromatic heterocycles. The minimum atomic E-state index is -0.481. The maximum absolute atomic E-state index is 9.14. The van der Waals surface area contributed by atoms with Gasteiger partial charge in [-0.15, -0.1) is 0 Å². The molecule has 2 nitrogen and oxygen atoms in total. The summed E-state index contributed by atoms with van der Waals surface area (Å²) in [4.78, 5) is 0. The summed E-state index contributed by atoms with van der Waals surface area (Å²) in [6.07, 6.45) is 2.41. The molecule has 13 heavy (non-hydrogen) atoms. The molecule has 3 N–H and O–H groups in total. The van der Waals surface area contributed by atoms with Crippen LogP contribution in [0.3, 0.4) is 0 Å². The van der Waals surface area contributed by atoms with Crippen molar-refractivity contribution in [1.29, 1.82) is 0 Å². The van der Waals surface area contributed by atoms with Crippen molar-refractivity contribution in [3.8, 4) is 0 Å². The molecule has 0 saturated carbocycles. The Balaban J connectivity index is 0.00000144. The lowest BCUT2D eigenvalue weighted by molar-refractivity contribution is -0.115. The van der Waals surface area contributed by atoms with Crippen molar-refractivity contribution in [2.75, 3.05) is 0 Å². The van der Waals surface area contributed by atoms with Crippen molar-refractivity contribution in [1.82, 2.24) is 0 Å². The van der Waals surface area contributed by atoms with E-state index in [0.29, 0.717) is 6.42 Å². The summed E-state index contributed by atoms with van der Waals surface area (Å²) in [6.45, 7) is 0. The van der Waals surface area contributed by atoms with Crippen LogP contribution in [0.15, 0.2) is 30.3 Å². The molecule has 72 valence electrons. The first-order valence-corrected chi connectivity index (χ1v) is 4.10. The standard InChI is InChI=1S/C10H13NO.ClH/c11-8-10(12)7-6-9-4-2-1-3-5-9;/h1-5,8,10-12H,6-7H2;1H/t10-;/m1./s1. The second-order valence-electron chi connectivity index (χ2n) is 2.78. The number of hydrogen-bond acceptors (Lipinski definition) is 1. The monoisotopic (exact) mass is 199 g/mol. The third kappa shape index (κ3) is 4.65. The molecule has 0 radical (unpaired) electrons. The highest BCUT2D eigenvalue weighted by Crippen LogP contribution is 2.03. The number of halogens is 1. The van der Waals surface area contributed by atoms with Crippen LogP contribution in [0, 0.1) is 0 Å². The largest absolute Gasteiger partial charge is 1.00 e. The van der Waals surface area contributed by atoms with Crippen molar-refractivity contribution in [2.24, 2.45) is 0 Å². The molecule has 1 aromatic carbocycles. The van der Waals surface area contributed by atoms with E-state index in [0.717, 1.165) is 6.42 Å². The van der Waals surface area contributed by atoms with Gasteiger partial charge >= 0.3 is 0 Å². The molecule has 0 spiro atoms. The van der Waals surface area contributed by atoms with E-state index < -0.39 is 6.10 Å². The van der Waals surface area contributed by atoms with Crippen molar-refractivity contribution >= 4 is 6.21 Å². The van der Waals surface area contributed by atoms with Gasteiger partial charge in [-0.2, -0.15) is 0 Å². The maximum Gasteiger partial charge on any atom is 0.165 e. The summed E-state index contributed by atoms with van der Waals surface area (Å²) in [7, 11) is 0. The topological polar surface area (TPSA) is 45.8 Å². The van der Waals surface area contributed by atoms with Crippen molar-refractivity contribution in [3.63, 3.8) is 0 Å². The number of aliphatic hydroxyl groups is 1. The highest BCUT2D eigenvalue weighted by molar-refractivity contribution is 5.55. The van der Waals surface area contributed by atoms with E-state index in [9.17, 15) is 0 Å². The number of aliphatic hydroxyl groups excluding tert-OH is 1. The molecule has 0 aliphatic carbocycles. The van der Waals surface area contributed by atoms with Crippen molar-refractivity contribution in [3.05, 3.63) is 35.9 Å². The first kappa shape index (κ1) is 12.1. The third-order valence-corrected chi connectivity index (χ3v) is 1.79. The highest BCUT2D eigenvalue weighted by Gasteiger charge is 2.01. The zero-order valence-corrected chi connectivity index (χ0v) is 8.11. The van der Waals surface area contributed by atoms with Gasteiger partial charge in [-0.1, -0.05) is 30.3 Å². The third-order valence-electron chi connectivity index (χ3n) is 1.79. The molecule has 0 heterocycles. The maximum atomic E-state index is 9.14. The molecule has 0 aliphatic rings. The second-order valence-corrected chi connectivity index (χ2v) is 2.78. The van der Waals surface area contributed by atoms with Crippen LogP contribution in [0.1, 0.15) is 12.0 Å². The summed E-state index contributed by atoms with van der Waals surface area (Å²) >= 11 is 0. The molecule has 0 fully saturated rings. The Kier molecular flexibility index (Phi) is 6.20. The van der Waals surface area contributed by atoms with E-state index in [2.05, 4.69) is 0 Å². The van der Waals surface area contributed by atoms with Crippen LogP contribution in [0.25, 0.3) is 0 Å². The van der Waals surface area contributed by atoms with E-state index in [4.69, 9.17) is 10.5 Å². The molecule has 0 bridgehead atoms. The van der Waals surface area contributed by atoms with Gasteiger partial charge < -0.3 is 17.5 Å². The van der Waals surface area contributed by atoms with E-state index in [-0.39, 0.29) is 12.4 Å². The molecule has 1 atom stereocenters. The normalized spacial score (nSPS) is 11.5. The van der Waals surface area contributed by atoms with Crippen LogP contribution in [-0.2, 0) is 6.42 Å². The Labute approximate surface area is 84.5 Å². The number of aryl methyl sites for hydroxylation is 1. The van der Waals surface area contributed by atoms with Gasteiger partial charge in [0.05, 0.1) is 0 Å². The quantitative estimate of drug-likeness (QED) is 0.494. The summed E-state index contributed by atoms with van der Waals surface area (Å²) in [6, 6.07) is 10.1. The average Bonchev–Trinajstić information content (AvgIpc) is 2.16. The molecule has 0 aliphatic heterocycles. The first-order chi connectivity index (χ1) is 5.83. The van der Waals surface area contributed by atoms with Crippen LogP contribution < -0.4 is 17.8 Å². The number of hydrogen-bond donors (Lipinski definition) is 2. The van der Waals surface area contributed by atoms with Crippen molar-refractivity contribution in [2.45, 2.75) is 18.9 Å². The molecular formula is C10H14ClNO. The summed E-state index contributed by atoms with van der Waals surface area (Å²) in [5.41, 5.74) is 1.23. The molecule has 1 rings (SSSR count). The van der Waals surface area contributed by atoms with Crippen LogP contribution in [0.2, 0.25) is 0 Å². The predicted octanol–water partition coefficient (Wildman–Crippen LogP) is -3.19. The zero-order chi connectivity index (χ0) is 8.81. The van der Waals surface area contributed by atoms with Gasteiger partial charge in [0.25, 0.3) is 0 Å². The molecular weight excluding hydrogens is 186 g/mol. The van der Waals surface area contributed by atoms with Crippen LogP contribution >= 0.6 is 0 Å². The lowest BCUT2D eigenvalue weighted by atomic mass is 10.1. The average molecular weight is 200 g/mol. The predicted molar refractivity (Wildman–Crippen MR) is 48.8 cm³/mol. The highest BCUT2D eigenvalue weighted by atomic mass is 35.5.